The lowest BCUT2D eigenvalue weighted by Crippen LogP contribution is -2.61. The van der Waals surface area contributed by atoms with Gasteiger partial charge in [0.25, 0.3) is 6.02 Å². The molecular formula is C25H31ClFN5O3. The number of aliphatic imine (C=N–C) groups is 2. The molecule has 2 aromatic rings. The largest absolute Gasteiger partial charge is 0.495 e. The summed E-state index contributed by atoms with van der Waals surface area (Å²) in [5.74, 6) is -0.627. The number of nitrogens with two attached hydrogens (primary N) is 1. The van der Waals surface area contributed by atoms with E-state index in [-0.39, 0.29) is 31.0 Å². The van der Waals surface area contributed by atoms with Crippen LogP contribution in [0.3, 0.4) is 0 Å². The van der Waals surface area contributed by atoms with Gasteiger partial charge in [-0.25, -0.2) is 9.38 Å². The minimum atomic E-state index is -1.37. The molecule has 1 fully saturated rings. The fraction of sp³-hybridized carbons (Fsp3) is 0.440. The lowest BCUT2D eigenvalue weighted by atomic mass is 10.1. The van der Waals surface area contributed by atoms with E-state index in [0.717, 1.165) is 25.7 Å². The molecule has 2 aromatic carbocycles. The van der Waals surface area contributed by atoms with Gasteiger partial charge in [-0.3, -0.25) is 11.1 Å². The zero-order valence-corrected chi connectivity index (χ0v) is 20.5. The van der Waals surface area contributed by atoms with Crippen LogP contribution in [0.1, 0.15) is 44.1 Å². The summed E-state index contributed by atoms with van der Waals surface area (Å²) in [5, 5.41) is 6.70. The highest BCUT2D eigenvalue weighted by atomic mass is 35.5. The summed E-state index contributed by atoms with van der Waals surface area (Å²) in [5.41, 5.74) is 7.31. The number of nitrogens with zero attached hydrogens (tertiary/aromatic N) is 2. The van der Waals surface area contributed by atoms with Gasteiger partial charge < -0.3 is 19.5 Å². The van der Waals surface area contributed by atoms with Gasteiger partial charge in [0.05, 0.1) is 18.2 Å². The van der Waals surface area contributed by atoms with E-state index in [0.29, 0.717) is 22.3 Å². The van der Waals surface area contributed by atoms with Crippen molar-refractivity contribution in [1.29, 1.82) is 0 Å². The van der Waals surface area contributed by atoms with Crippen molar-refractivity contribution in [2.75, 3.05) is 20.3 Å². The van der Waals surface area contributed by atoms with Crippen molar-refractivity contribution in [3.63, 3.8) is 0 Å². The first kappa shape index (κ1) is 25.1. The van der Waals surface area contributed by atoms with E-state index < -0.39 is 11.6 Å². The Balaban J connectivity index is 1.52. The predicted molar refractivity (Wildman–Crippen MR) is 134 cm³/mol. The second kappa shape index (κ2) is 11.6. The van der Waals surface area contributed by atoms with E-state index in [4.69, 9.17) is 36.5 Å². The Morgan fingerprint density at radius 2 is 1.83 bits per heavy atom. The topological polar surface area (TPSA) is 102 Å². The Morgan fingerprint density at radius 1 is 1.09 bits per heavy atom. The first-order chi connectivity index (χ1) is 17.0. The Morgan fingerprint density at radius 3 is 2.54 bits per heavy atom. The van der Waals surface area contributed by atoms with E-state index in [1.807, 2.05) is 0 Å². The maximum absolute atomic E-state index is 13.8. The van der Waals surface area contributed by atoms with Crippen molar-refractivity contribution in [2.45, 2.75) is 50.4 Å². The first-order valence-electron chi connectivity index (χ1n) is 11.8. The van der Waals surface area contributed by atoms with Crippen molar-refractivity contribution in [3.05, 3.63) is 58.9 Å². The number of ether oxygens (including phenoxy) is 3. The van der Waals surface area contributed by atoms with Gasteiger partial charge in [-0.05, 0) is 43.2 Å². The highest BCUT2D eigenvalue weighted by Crippen LogP contribution is 2.30. The van der Waals surface area contributed by atoms with Gasteiger partial charge >= 0.3 is 0 Å². The van der Waals surface area contributed by atoms with Crippen LogP contribution in [0.4, 0.5) is 4.39 Å². The van der Waals surface area contributed by atoms with Gasteiger partial charge in [0.1, 0.15) is 19.0 Å². The lowest BCUT2D eigenvalue weighted by Gasteiger charge is -2.34. The van der Waals surface area contributed by atoms with Crippen LogP contribution in [0.5, 0.6) is 11.5 Å². The summed E-state index contributed by atoms with van der Waals surface area (Å²) in [7, 11) is 1.55. The molecule has 10 heteroatoms. The fourth-order valence-corrected chi connectivity index (χ4v) is 4.38. The molecule has 188 valence electrons. The average Bonchev–Trinajstić information content (AvgIpc) is 3.11. The number of guanidine groups is 1. The summed E-state index contributed by atoms with van der Waals surface area (Å²) in [6.07, 6.45) is 6.78. The third-order valence-electron chi connectivity index (χ3n) is 5.96. The van der Waals surface area contributed by atoms with Crippen molar-refractivity contribution in [2.24, 2.45) is 15.7 Å². The van der Waals surface area contributed by atoms with Gasteiger partial charge in [-0.15, -0.1) is 0 Å². The van der Waals surface area contributed by atoms with Crippen LogP contribution in [0.25, 0.3) is 0 Å². The van der Waals surface area contributed by atoms with E-state index in [2.05, 4.69) is 15.6 Å². The zero-order chi connectivity index (χ0) is 24.7. The number of halogens is 2. The quantitative estimate of drug-likeness (QED) is 0.385. The third-order valence-corrected chi connectivity index (χ3v) is 6.25. The van der Waals surface area contributed by atoms with Crippen LogP contribution in [0.2, 0.25) is 5.02 Å². The summed E-state index contributed by atoms with van der Waals surface area (Å²) >= 11 is 6.35. The standard InChI is InChI=1S/C25H31ClFN5O3/c1-33-21-13-12-17(16-19(21)26)25(28)31-23(29-18-8-4-2-3-5-9-18)30-24(32-25)35-15-14-34-22-11-7-6-10-20(22)27/h6-7,10-13,16,18H,2-5,8-9,14-15,28H2,1H3,(H2,29,30,31,32). The Bertz CT molecular complexity index is 1070. The smallest absolute Gasteiger partial charge is 0.295 e. The molecule has 1 unspecified atom stereocenters. The van der Waals surface area contributed by atoms with Crippen LogP contribution in [-0.4, -0.2) is 38.3 Å². The zero-order valence-electron chi connectivity index (χ0n) is 19.7. The molecule has 1 saturated carbocycles. The minimum absolute atomic E-state index is 0.121. The molecule has 0 bridgehead atoms. The summed E-state index contributed by atoms with van der Waals surface area (Å²) in [4.78, 5) is 9.43. The first-order valence-corrected chi connectivity index (χ1v) is 12.2. The second-order valence-electron chi connectivity index (χ2n) is 8.53. The Hall–Kier alpha value is -3.04. The van der Waals surface area contributed by atoms with Crippen molar-refractivity contribution in [1.82, 2.24) is 10.6 Å². The number of amidine groups is 1. The molecule has 0 saturated heterocycles. The van der Waals surface area contributed by atoms with Crippen LogP contribution in [-0.2, 0) is 10.5 Å². The van der Waals surface area contributed by atoms with Crippen molar-refractivity contribution < 1.29 is 18.6 Å². The molecule has 0 aromatic heterocycles. The van der Waals surface area contributed by atoms with E-state index >= 15 is 0 Å². The molecule has 8 nitrogen and oxygen atoms in total. The Kier molecular flexibility index (Phi) is 8.30. The molecule has 1 aliphatic heterocycles. The summed E-state index contributed by atoms with van der Waals surface area (Å²) in [6, 6.07) is 11.8. The number of rotatable bonds is 7. The molecule has 1 aliphatic carbocycles. The number of hydrogen-bond donors (Lipinski definition) is 3. The number of hydrogen-bond acceptors (Lipinski definition) is 6. The van der Waals surface area contributed by atoms with Gasteiger partial charge in [-0.2, -0.15) is 4.99 Å². The maximum Gasteiger partial charge on any atom is 0.295 e. The highest BCUT2D eigenvalue weighted by molar-refractivity contribution is 6.32. The van der Waals surface area contributed by atoms with Crippen LogP contribution < -0.4 is 25.8 Å². The number of nitrogens with one attached hydrogen (secondary N) is 2. The molecule has 4 N–H and O–H groups in total. The monoisotopic (exact) mass is 503 g/mol. The molecule has 2 aliphatic rings. The molecule has 35 heavy (non-hydrogen) atoms. The van der Waals surface area contributed by atoms with Crippen molar-refractivity contribution in [3.8, 4) is 11.5 Å². The SMILES string of the molecule is COc1ccc(C2(N)N=C(OCCOc3ccccc3F)NC(=NC3CCCCCC3)N2)cc1Cl. The van der Waals surface area contributed by atoms with Crippen LogP contribution in [0, 0.1) is 5.82 Å². The van der Waals surface area contributed by atoms with Gasteiger partial charge in [0.2, 0.25) is 11.7 Å². The normalized spacial score (nSPS) is 21.9. The van der Waals surface area contributed by atoms with E-state index in [1.165, 1.54) is 18.9 Å². The minimum Gasteiger partial charge on any atom is -0.495 e. The van der Waals surface area contributed by atoms with Crippen molar-refractivity contribution >= 4 is 23.6 Å². The highest BCUT2D eigenvalue weighted by Gasteiger charge is 2.34. The fourth-order valence-electron chi connectivity index (χ4n) is 4.12. The molecule has 0 amide bonds. The number of para-hydroxylation sites is 1. The predicted octanol–water partition coefficient (Wildman–Crippen LogP) is 4.28. The molecule has 1 heterocycles. The average molecular weight is 504 g/mol. The lowest BCUT2D eigenvalue weighted by molar-refractivity contribution is 0.194. The molecule has 0 radical (unpaired) electrons. The third kappa shape index (κ3) is 6.55. The number of methoxy groups -OCH3 is 1. The molecular weight excluding hydrogens is 473 g/mol. The van der Waals surface area contributed by atoms with E-state index in [9.17, 15) is 4.39 Å². The molecule has 1 atom stereocenters. The van der Waals surface area contributed by atoms with Crippen LogP contribution in [0.15, 0.2) is 52.4 Å². The maximum atomic E-state index is 13.8. The second-order valence-corrected chi connectivity index (χ2v) is 8.94. The van der Waals surface area contributed by atoms with Gasteiger partial charge in [0, 0.05) is 5.56 Å². The summed E-state index contributed by atoms with van der Waals surface area (Å²) < 4.78 is 30.3. The number of benzene rings is 2. The molecule has 0 spiro atoms. The van der Waals surface area contributed by atoms with E-state index in [1.54, 1.807) is 43.5 Å². The van der Waals surface area contributed by atoms with Gasteiger partial charge in [-0.1, -0.05) is 49.4 Å². The van der Waals surface area contributed by atoms with Gasteiger partial charge in [0.15, 0.2) is 11.6 Å². The molecule has 4 rings (SSSR count). The summed E-state index contributed by atoms with van der Waals surface area (Å²) in [6.45, 7) is 0.242. The Labute approximate surface area is 209 Å². The van der Waals surface area contributed by atoms with Crippen LogP contribution >= 0.6 is 11.6 Å².